The Labute approximate surface area is 151 Å². The molecular formula is C19H21N3O4. The molecule has 1 aromatic heterocycles. The molecule has 4 rings (SSSR count). The summed E-state index contributed by atoms with van der Waals surface area (Å²) in [5.74, 6) is 0.545. The highest BCUT2D eigenvalue weighted by Gasteiger charge is 2.56. The monoisotopic (exact) mass is 355 g/mol. The molecule has 2 aliphatic heterocycles. The summed E-state index contributed by atoms with van der Waals surface area (Å²) in [5, 5.41) is 9.96. The number of carbonyl (C=O) groups is 1. The number of carboxylic acids is 1. The summed E-state index contributed by atoms with van der Waals surface area (Å²) < 4.78 is 10.8. The molecule has 1 aromatic carbocycles. The van der Waals surface area contributed by atoms with E-state index in [-0.39, 0.29) is 12.5 Å². The fraction of sp³-hybridized carbons (Fsp3) is 0.421. The zero-order chi connectivity index (χ0) is 18.1. The predicted octanol–water partition coefficient (Wildman–Crippen LogP) is 1.69. The van der Waals surface area contributed by atoms with Gasteiger partial charge in [-0.2, -0.15) is 0 Å². The molecule has 0 saturated carbocycles. The lowest BCUT2D eigenvalue weighted by Gasteiger charge is -2.35. The van der Waals surface area contributed by atoms with E-state index in [0.717, 1.165) is 16.9 Å². The van der Waals surface area contributed by atoms with Gasteiger partial charge in [0.2, 0.25) is 0 Å². The van der Waals surface area contributed by atoms with E-state index >= 15 is 0 Å². The first-order chi connectivity index (χ1) is 12.6. The van der Waals surface area contributed by atoms with E-state index < -0.39 is 11.4 Å². The lowest BCUT2D eigenvalue weighted by atomic mass is 9.73. The van der Waals surface area contributed by atoms with Crippen LogP contribution in [0, 0.1) is 5.41 Å². The highest BCUT2D eigenvalue weighted by molar-refractivity contribution is 5.78. The first kappa shape index (κ1) is 16.9. The van der Waals surface area contributed by atoms with Crippen LogP contribution in [0.1, 0.15) is 22.9 Å². The van der Waals surface area contributed by atoms with Gasteiger partial charge in [-0.3, -0.25) is 9.69 Å². The Morgan fingerprint density at radius 1 is 1.38 bits per heavy atom. The molecule has 0 aliphatic carbocycles. The third kappa shape index (κ3) is 2.83. The van der Waals surface area contributed by atoms with Crippen LogP contribution in [0.5, 0.6) is 5.75 Å². The van der Waals surface area contributed by atoms with Gasteiger partial charge in [0.25, 0.3) is 0 Å². The number of hydrogen-bond donors (Lipinski definition) is 1. The molecule has 1 fully saturated rings. The molecule has 2 aromatic rings. The number of carboxylic acid groups (broad SMARTS) is 1. The molecule has 0 amide bonds. The Balaban J connectivity index is 1.57. The fourth-order valence-electron chi connectivity index (χ4n) is 3.98. The first-order valence-electron chi connectivity index (χ1n) is 8.58. The molecule has 0 radical (unpaired) electrons. The Morgan fingerprint density at radius 2 is 2.15 bits per heavy atom. The lowest BCUT2D eigenvalue weighted by Crippen LogP contribution is -2.45. The maximum absolute atomic E-state index is 12.1. The van der Waals surface area contributed by atoms with Crippen molar-refractivity contribution >= 4 is 5.97 Å². The van der Waals surface area contributed by atoms with Crippen LogP contribution in [-0.2, 0) is 22.7 Å². The largest absolute Gasteiger partial charge is 0.492 e. The zero-order valence-electron chi connectivity index (χ0n) is 14.6. The highest BCUT2D eigenvalue weighted by Crippen LogP contribution is 2.49. The molecule has 26 heavy (non-hydrogen) atoms. The van der Waals surface area contributed by atoms with E-state index in [0.29, 0.717) is 32.1 Å². The third-order valence-corrected chi connectivity index (χ3v) is 5.26. The summed E-state index contributed by atoms with van der Waals surface area (Å²) in [5.41, 5.74) is 1.03. The number of likely N-dealkylation sites (tertiary alicyclic amines) is 1. The number of hydrogen-bond acceptors (Lipinski definition) is 6. The van der Waals surface area contributed by atoms with Gasteiger partial charge >= 0.3 is 5.97 Å². The highest BCUT2D eigenvalue weighted by atomic mass is 16.5. The van der Waals surface area contributed by atoms with Crippen molar-refractivity contribution in [2.75, 3.05) is 26.8 Å². The molecule has 2 atom stereocenters. The van der Waals surface area contributed by atoms with Crippen LogP contribution in [0.3, 0.4) is 0 Å². The SMILES string of the molecule is COCc1ncc(CN2C[C@@H]3c4ccccc4OC[C@]3(C(=O)O)C2)cn1. The maximum atomic E-state index is 12.1. The van der Waals surface area contributed by atoms with Gasteiger partial charge in [-0.25, -0.2) is 9.97 Å². The maximum Gasteiger partial charge on any atom is 0.315 e. The van der Waals surface area contributed by atoms with E-state index in [1.807, 2.05) is 24.3 Å². The third-order valence-electron chi connectivity index (χ3n) is 5.26. The van der Waals surface area contributed by atoms with Crippen molar-refractivity contribution in [1.82, 2.24) is 14.9 Å². The van der Waals surface area contributed by atoms with Crippen LogP contribution in [-0.4, -0.2) is 52.7 Å². The summed E-state index contributed by atoms with van der Waals surface area (Å²) in [6, 6.07) is 7.73. The quantitative estimate of drug-likeness (QED) is 0.873. The zero-order valence-corrected chi connectivity index (χ0v) is 14.6. The van der Waals surface area contributed by atoms with Crippen LogP contribution < -0.4 is 4.74 Å². The second kappa shape index (κ2) is 6.66. The number of benzene rings is 1. The van der Waals surface area contributed by atoms with Crippen LogP contribution >= 0.6 is 0 Å². The number of rotatable bonds is 5. The first-order valence-corrected chi connectivity index (χ1v) is 8.58. The van der Waals surface area contributed by atoms with E-state index in [9.17, 15) is 9.90 Å². The normalized spacial score (nSPS) is 24.6. The van der Waals surface area contributed by atoms with Crippen molar-refractivity contribution in [2.24, 2.45) is 5.41 Å². The molecule has 0 bridgehead atoms. The molecule has 0 spiro atoms. The van der Waals surface area contributed by atoms with Gasteiger partial charge in [0.15, 0.2) is 5.82 Å². The van der Waals surface area contributed by atoms with Gasteiger partial charge in [-0.1, -0.05) is 18.2 Å². The number of fused-ring (bicyclic) bond motifs is 3. The molecule has 7 heteroatoms. The minimum absolute atomic E-state index is 0.0846. The van der Waals surface area contributed by atoms with Crippen LogP contribution in [0.4, 0.5) is 0 Å². The molecule has 7 nitrogen and oxygen atoms in total. The Morgan fingerprint density at radius 3 is 2.88 bits per heavy atom. The van der Waals surface area contributed by atoms with Gasteiger partial charge in [-0.05, 0) is 11.6 Å². The molecule has 0 unspecified atom stereocenters. The van der Waals surface area contributed by atoms with Gasteiger partial charge in [-0.15, -0.1) is 0 Å². The molecule has 1 saturated heterocycles. The van der Waals surface area contributed by atoms with Crippen molar-refractivity contribution in [3.05, 3.63) is 53.6 Å². The van der Waals surface area contributed by atoms with Crippen molar-refractivity contribution < 1.29 is 19.4 Å². The number of methoxy groups -OCH3 is 1. The Bertz CT molecular complexity index is 811. The summed E-state index contributed by atoms with van der Waals surface area (Å²) in [4.78, 5) is 22.9. The molecule has 3 heterocycles. The van der Waals surface area contributed by atoms with E-state index in [4.69, 9.17) is 9.47 Å². The van der Waals surface area contributed by atoms with Gasteiger partial charge < -0.3 is 14.6 Å². The second-order valence-corrected chi connectivity index (χ2v) is 6.95. The lowest BCUT2D eigenvalue weighted by molar-refractivity contribution is -0.151. The fourth-order valence-corrected chi connectivity index (χ4v) is 3.98. The van der Waals surface area contributed by atoms with Crippen molar-refractivity contribution in [2.45, 2.75) is 19.1 Å². The Kier molecular flexibility index (Phi) is 4.34. The van der Waals surface area contributed by atoms with Crippen molar-refractivity contribution in [3.8, 4) is 5.75 Å². The number of aromatic nitrogens is 2. The number of nitrogens with zero attached hydrogens (tertiary/aromatic N) is 3. The summed E-state index contributed by atoms with van der Waals surface area (Å²) in [7, 11) is 1.61. The van der Waals surface area contributed by atoms with Crippen molar-refractivity contribution in [1.29, 1.82) is 0 Å². The summed E-state index contributed by atoms with van der Waals surface area (Å²) >= 11 is 0. The predicted molar refractivity (Wildman–Crippen MR) is 92.8 cm³/mol. The average Bonchev–Trinajstić information content (AvgIpc) is 3.04. The number of para-hydroxylation sites is 1. The number of aliphatic carboxylic acids is 1. The minimum atomic E-state index is -0.912. The van der Waals surface area contributed by atoms with Gasteiger partial charge in [0.05, 0.1) is 0 Å². The molecular weight excluding hydrogens is 334 g/mol. The summed E-state index contributed by atoms with van der Waals surface area (Å²) in [6.07, 6.45) is 3.56. The van der Waals surface area contributed by atoms with Gasteiger partial charge in [0.1, 0.15) is 24.4 Å². The van der Waals surface area contributed by atoms with Crippen molar-refractivity contribution in [3.63, 3.8) is 0 Å². The Hall–Kier alpha value is -2.51. The van der Waals surface area contributed by atoms with Crippen LogP contribution in [0.25, 0.3) is 0 Å². The molecule has 2 aliphatic rings. The molecule has 136 valence electrons. The second-order valence-electron chi connectivity index (χ2n) is 6.95. The average molecular weight is 355 g/mol. The number of ether oxygens (including phenoxy) is 2. The summed E-state index contributed by atoms with van der Waals surface area (Å²) in [6.45, 7) is 2.31. The van der Waals surface area contributed by atoms with Gasteiger partial charge in [0, 0.05) is 50.6 Å². The standard InChI is InChI=1S/C19H21N3O4/c1-25-10-17-20-6-13(7-21-17)8-22-9-15-14-4-2-3-5-16(14)26-12-19(15,11-22)18(23)24/h2-7,15H,8-12H2,1H3,(H,23,24)/t15-,19-/m1/s1. The molecule has 1 N–H and O–H groups in total. The van der Waals surface area contributed by atoms with E-state index in [1.54, 1.807) is 19.5 Å². The van der Waals surface area contributed by atoms with E-state index in [1.165, 1.54) is 0 Å². The minimum Gasteiger partial charge on any atom is -0.492 e. The van der Waals surface area contributed by atoms with Crippen LogP contribution in [0.2, 0.25) is 0 Å². The van der Waals surface area contributed by atoms with Crippen LogP contribution in [0.15, 0.2) is 36.7 Å². The van der Waals surface area contributed by atoms with E-state index in [2.05, 4.69) is 14.9 Å². The smallest absolute Gasteiger partial charge is 0.315 e. The topological polar surface area (TPSA) is 84.8 Å².